The molecule has 3 aromatic rings. The van der Waals surface area contributed by atoms with Crippen molar-refractivity contribution in [1.29, 1.82) is 0 Å². The van der Waals surface area contributed by atoms with Crippen molar-refractivity contribution in [2.45, 2.75) is 46.1 Å². The van der Waals surface area contributed by atoms with Crippen molar-refractivity contribution in [2.75, 3.05) is 13.7 Å². The summed E-state index contributed by atoms with van der Waals surface area (Å²) in [6, 6.07) is 13.8. The summed E-state index contributed by atoms with van der Waals surface area (Å²) >= 11 is 0. The number of aromatic nitrogens is 1. The number of hydrogen-bond donors (Lipinski definition) is 0. The highest BCUT2D eigenvalue weighted by molar-refractivity contribution is 6.08. The second-order valence-corrected chi connectivity index (χ2v) is 7.01. The van der Waals surface area contributed by atoms with Crippen molar-refractivity contribution in [1.82, 2.24) is 4.57 Å². The molecule has 0 atom stereocenters. The number of nitrogens with zero attached hydrogens (tertiary/aromatic N) is 1. The Kier molecular flexibility index (Phi) is 4.45. The van der Waals surface area contributed by atoms with Gasteiger partial charge in [-0.15, -0.1) is 0 Å². The van der Waals surface area contributed by atoms with Gasteiger partial charge in [-0.2, -0.15) is 0 Å². The van der Waals surface area contributed by atoms with Crippen LogP contribution in [0.2, 0.25) is 0 Å². The van der Waals surface area contributed by atoms with E-state index in [1.165, 1.54) is 32.9 Å². The Morgan fingerprint density at radius 3 is 2.13 bits per heavy atom. The average molecular weight is 309 g/mol. The lowest BCUT2D eigenvalue weighted by atomic mass is 9.99. The first kappa shape index (κ1) is 16.1. The Balaban J connectivity index is 2.30. The zero-order valence-electron chi connectivity index (χ0n) is 14.9. The second kappa shape index (κ2) is 6.37. The summed E-state index contributed by atoms with van der Waals surface area (Å²) in [7, 11) is 1.77. The number of hydrogen-bond acceptors (Lipinski definition) is 1. The van der Waals surface area contributed by atoms with Crippen LogP contribution in [0.5, 0.6) is 0 Å². The van der Waals surface area contributed by atoms with Crippen molar-refractivity contribution in [3.63, 3.8) is 0 Å². The van der Waals surface area contributed by atoms with Crippen LogP contribution in [0.1, 0.15) is 50.7 Å². The molecule has 2 aromatic carbocycles. The van der Waals surface area contributed by atoms with Gasteiger partial charge in [0.05, 0.1) is 6.61 Å². The molecule has 122 valence electrons. The number of ether oxygens (including phenoxy) is 1. The Bertz CT molecular complexity index is 827. The van der Waals surface area contributed by atoms with E-state index < -0.39 is 0 Å². The van der Waals surface area contributed by atoms with E-state index in [-0.39, 0.29) is 0 Å². The van der Waals surface area contributed by atoms with Gasteiger partial charge < -0.3 is 9.30 Å². The third-order valence-electron chi connectivity index (χ3n) is 4.77. The maximum atomic E-state index is 5.33. The minimum Gasteiger partial charge on any atom is -0.383 e. The van der Waals surface area contributed by atoms with E-state index in [1.54, 1.807) is 7.11 Å². The van der Waals surface area contributed by atoms with E-state index in [9.17, 15) is 0 Å². The maximum absolute atomic E-state index is 5.33. The van der Waals surface area contributed by atoms with Crippen LogP contribution < -0.4 is 0 Å². The van der Waals surface area contributed by atoms with Gasteiger partial charge in [0, 0.05) is 35.5 Å². The Labute approximate surface area is 139 Å². The molecule has 0 saturated heterocycles. The Hall–Kier alpha value is -1.80. The summed E-state index contributed by atoms with van der Waals surface area (Å²) in [5.41, 5.74) is 5.42. The zero-order valence-corrected chi connectivity index (χ0v) is 14.9. The molecule has 0 N–H and O–H groups in total. The van der Waals surface area contributed by atoms with Crippen LogP contribution in [0.15, 0.2) is 36.4 Å². The summed E-state index contributed by atoms with van der Waals surface area (Å²) < 4.78 is 7.74. The lowest BCUT2D eigenvalue weighted by Gasteiger charge is -2.09. The van der Waals surface area contributed by atoms with Crippen molar-refractivity contribution in [3.8, 4) is 0 Å². The number of methoxy groups -OCH3 is 1. The van der Waals surface area contributed by atoms with Crippen LogP contribution >= 0.6 is 0 Å². The third-order valence-corrected chi connectivity index (χ3v) is 4.77. The minimum absolute atomic E-state index is 0.541. The smallest absolute Gasteiger partial charge is 0.0642 e. The van der Waals surface area contributed by atoms with Gasteiger partial charge in [0.1, 0.15) is 0 Å². The van der Waals surface area contributed by atoms with E-state index >= 15 is 0 Å². The fourth-order valence-electron chi connectivity index (χ4n) is 3.28. The van der Waals surface area contributed by atoms with Gasteiger partial charge in [-0.05, 0) is 41.2 Å². The van der Waals surface area contributed by atoms with Crippen LogP contribution in [0, 0.1) is 0 Å². The Morgan fingerprint density at radius 2 is 1.48 bits per heavy atom. The fraction of sp³-hybridized carbons (Fsp3) is 0.429. The van der Waals surface area contributed by atoms with E-state index in [2.05, 4.69) is 68.7 Å². The summed E-state index contributed by atoms with van der Waals surface area (Å²) in [6.45, 7) is 10.6. The van der Waals surface area contributed by atoms with Gasteiger partial charge in [0.15, 0.2) is 0 Å². The highest BCUT2D eigenvalue weighted by Crippen LogP contribution is 2.33. The van der Waals surface area contributed by atoms with Crippen molar-refractivity contribution in [2.24, 2.45) is 0 Å². The number of benzene rings is 2. The summed E-state index contributed by atoms with van der Waals surface area (Å²) in [5.74, 6) is 1.09. The van der Waals surface area contributed by atoms with Crippen molar-refractivity contribution in [3.05, 3.63) is 47.5 Å². The summed E-state index contributed by atoms with van der Waals surface area (Å²) in [5, 5.41) is 2.71. The van der Waals surface area contributed by atoms with Crippen LogP contribution in [-0.4, -0.2) is 18.3 Å². The van der Waals surface area contributed by atoms with Crippen LogP contribution in [0.3, 0.4) is 0 Å². The molecule has 0 bridgehead atoms. The molecule has 0 spiro atoms. The average Bonchev–Trinajstić information content (AvgIpc) is 2.85. The lowest BCUT2D eigenvalue weighted by molar-refractivity contribution is 0.189. The molecule has 0 amide bonds. The SMILES string of the molecule is COCCn1c2ccc(C(C)C)cc2c2ccc(C(C)C)cc21. The fourth-order valence-corrected chi connectivity index (χ4v) is 3.28. The molecule has 0 saturated carbocycles. The van der Waals surface area contributed by atoms with Crippen LogP contribution in [-0.2, 0) is 11.3 Å². The molecular weight excluding hydrogens is 282 g/mol. The Morgan fingerprint density at radius 1 is 0.826 bits per heavy atom. The van der Waals surface area contributed by atoms with Gasteiger partial charge in [-0.1, -0.05) is 45.9 Å². The molecule has 1 aromatic heterocycles. The quantitative estimate of drug-likeness (QED) is 0.590. The lowest BCUT2D eigenvalue weighted by Crippen LogP contribution is -2.04. The first-order valence-electron chi connectivity index (χ1n) is 8.57. The molecule has 2 nitrogen and oxygen atoms in total. The second-order valence-electron chi connectivity index (χ2n) is 7.01. The monoisotopic (exact) mass is 309 g/mol. The van der Waals surface area contributed by atoms with Gasteiger partial charge >= 0.3 is 0 Å². The first-order valence-corrected chi connectivity index (χ1v) is 8.57. The molecule has 0 fully saturated rings. The topological polar surface area (TPSA) is 14.2 Å². The molecule has 0 aliphatic rings. The van der Waals surface area contributed by atoms with E-state index in [0.29, 0.717) is 11.8 Å². The molecule has 2 heteroatoms. The predicted molar refractivity (Wildman–Crippen MR) is 99.5 cm³/mol. The maximum Gasteiger partial charge on any atom is 0.0642 e. The molecular formula is C21H27NO. The highest BCUT2D eigenvalue weighted by Gasteiger charge is 2.13. The van der Waals surface area contributed by atoms with Crippen molar-refractivity contribution >= 4 is 21.8 Å². The summed E-state index contributed by atoms with van der Waals surface area (Å²) in [4.78, 5) is 0. The first-order chi connectivity index (χ1) is 11.0. The zero-order chi connectivity index (χ0) is 16.6. The molecule has 0 unspecified atom stereocenters. The molecule has 0 aliphatic carbocycles. The van der Waals surface area contributed by atoms with Gasteiger partial charge in [-0.3, -0.25) is 0 Å². The normalized spacial score (nSPS) is 12.1. The highest BCUT2D eigenvalue weighted by atomic mass is 16.5. The van der Waals surface area contributed by atoms with Gasteiger partial charge in [0.25, 0.3) is 0 Å². The van der Waals surface area contributed by atoms with Gasteiger partial charge in [0.2, 0.25) is 0 Å². The number of rotatable bonds is 5. The van der Waals surface area contributed by atoms with Crippen LogP contribution in [0.4, 0.5) is 0 Å². The van der Waals surface area contributed by atoms with Crippen LogP contribution in [0.25, 0.3) is 21.8 Å². The molecule has 0 aliphatic heterocycles. The van der Waals surface area contributed by atoms with Gasteiger partial charge in [-0.25, -0.2) is 0 Å². The summed E-state index contributed by atoms with van der Waals surface area (Å²) in [6.07, 6.45) is 0. The standard InChI is InChI=1S/C21H27NO/c1-14(2)16-7-9-20-19(12-16)18-8-6-17(15(3)4)13-21(18)22(20)10-11-23-5/h6-9,12-15H,10-11H2,1-5H3. The third kappa shape index (κ3) is 2.88. The largest absolute Gasteiger partial charge is 0.383 e. The van der Waals surface area contributed by atoms with E-state index in [0.717, 1.165) is 13.2 Å². The molecule has 23 heavy (non-hydrogen) atoms. The van der Waals surface area contributed by atoms with E-state index in [1.807, 2.05) is 0 Å². The predicted octanol–water partition coefficient (Wildman–Crippen LogP) is 5.69. The molecule has 1 heterocycles. The van der Waals surface area contributed by atoms with E-state index in [4.69, 9.17) is 4.74 Å². The molecule has 0 radical (unpaired) electrons. The molecule has 3 rings (SSSR count). The minimum atomic E-state index is 0.541. The number of fused-ring (bicyclic) bond motifs is 3. The van der Waals surface area contributed by atoms with Crippen molar-refractivity contribution < 1.29 is 4.74 Å².